The molecule has 118 valence electrons. The molecule has 0 amide bonds. The number of rotatable bonds is 8. The third-order valence-corrected chi connectivity index (χ3v) is 4.33. The van der Waals surface area contributed by atoms with Crippen LogP contribution in [0.5, 0.6) is 0 Å². The zero-order valence-electron chi connectivity index (χ0n) is 13.7. The molecule has 1 rings (SSSR count). The van der Waals surface area contributed by atoms with Gasteiger partial charge in [-0.2, -0.15) is 0 Å². The molecule has 0 aromatic heterocycles. The van der Waals surface area contributed by atoms with Gasteiger partial charge in [0, 0.05) is 12.6 Å². The average molecular weight is 284 g/mol. The molecule has 1 saturated heterocycles. The second-order valence-corrected chi connectivity index (χ2v) is 6.11. The lowest BCUT2D eigenvalue weighted by Gasteiger charge is -2.36. The van der Waals surface area contributed by atoms with Crippen LogP contribution in [0.1, 0.15) is 59.8 Å². The Bertz CT molecular complexity index is 296. The monoisotopic (exact) mass is 284 g/mol. The van der Waals surface area contributed by atoms with Crippen molar-refractivity contribution in [1.82, 2.24) is 10.2 Å². The minimum atomic E-state index is -0.552. The second-order valence-electron chi connectivity index (χ2n) is 6.11. The summed E-state index contributed by atoms with van der Waals surface area (Å²) in [5, 5.41) is 3.38. The Morgan fingerprint density at radius 2 is 2.15 bits per heavy atom. The predicted molar refractivity (Wildman–Crippen MR) is 82.8 cm³/mol. The SMILES string of the molecule is CCCNC(C)(CCN1CCCCC1C)C(=O)OCC. The van der Waals surface area contributed by atoms with Crippen LogP contribution in [0, 0.1) is 0 Å². The van der Waals surface area contributed by atoms with E-state index >= 15 is 0 Å². The van der Waals surface area contributed by atoms with Crippen LogP contribution in [0.15, 0.2) is 0 Å². The van der Waals surface area contributed by atoms with Gasteiger partial charge in [-0.25, -0.2) is 0 Å². The number of carbonyl (C=O) groups excluding carboxylic acids is 1. The molecular weight excluding hydrogens is 252 g/mol. The van der Waals surface area contributed by atoms with Crippen molar-refractivity contribution in [1.29, 1.82) is 0 Å². The maximum absolute atomic E-state index is 12.2. The normalized spacial score (nSPS) is 23.3. The number of esters is 1. The van der Waals surface area contributed by atoms with Crippen LogP contribution in [-0.4, -0.2) is 48.7 Å². The molecule has 0 aromatic rings. The summed E-state index contributed by atoms with van der Waals surface area (Å²) in [7, 11) is 0. The van der Waals surface area contributed by atoms with Gasteiger partial charge in [0.1, 0.15) is 5.54 Å². The Balaban J connectivity index is 2.56. The second kappa shape index (κ2) is 8.63. The van der Waals surface area contributed by atoms with Crippen molar-refractivity contribution in [2.75, 3.05) is 26.2 Å². The molecule has 2 atom stereocenters. The van der Waals surface area contributed by atoms with Gasteiger partial charge in [0.05, 0.1) is 6.61 Å². The Kier molecular flexibility index (Phi) is 7.52. The first-order valence-corrected chi connectivity index (χ1v) is 8.19. The topological polar surface area (TPSA) is 41.6 Å². The van der Waals surface area contributed by atoms with E-state index in [4.69, 9.17) is 4.74 Å². The van der Waals surface area contributed by atoms with Crippen molar-refractivity contribution in [2.45, 2.75) is 71.4 Å². The molecule has 0 spiro atoms. The summed E-state index contributed by atoms with van der Waals surface area (Å²) in [4.78, 5) is 14.7. The maximum atomic E-state index is 12.2. The number of hydrogen-bond acceptors (Lipinski definition) is 4. The number of hydrogen-bond donors (Lipinski definition) is 1. The van der Waals surface area contributed by atoms with E-state index in [2.05, 4.69) is 24.1 Å². The fourth-order valence-corrected chi connectivity index (χ4v) is 2.81. The van der Waals surface area contributed by atoms with Crippen molar-refractivity contribution in [2.24, 2.45) is 0 Å². The highest BCUT2D eigenvalue weighted by atomic mass is 16.5. The van der Waals surface area contributed by atoms with Crippen molar-refractivity contribution in [3.05, 3.63) is 0 Å². The Morgan fingerprint density at radius 3 is 2.75 bits per heavy atom. The number of ether oxygens (including phenoxy) is 1. The maximum Gasteiger partial charge on any atom is 0.326 e. The van der Waals surface area contributed by atoms with Crippen LogP contribution in [0.4, 0.5) is 0 Å². The van der Waals surface area contributed by atoms with Gasteiger partial charge in [0.25, 0.3) is 0 Å². The van der Waals surface area contributed by atoms with Gasteiger partial charge < -0.3 is 15.0 Å². The van der Waals surface area contributed by atoms with E-state index in [1.54, 1.807) is 0 Å². The van der Waals surface area contributed by atoms with Gasteiger partial charge >= 0.3 is 5.97 Å². The van der Waals surface area contributed by atoms with E-state index in [1.165, 1.54) is 19.3 Å². The molecule has 0 saturated carbocycles. The minimum absolute atomic E-state index is 0.113. The molecule has 0 aliphatic carbocycles. The summed E-state index contributed by atoms with van der Waals surface area (Å²) in [5.41, 5.74) is -0.552. The molecule has 2 unspecified atom stereocenters. The number of carbonyl (C=O) groups is 1. The Labute approximate surface area is 124 Å². The van der Waals surface area contributed by atoms with Gasteiger partial charge in [-0.15, -0.1) is 0 Å². The quantitative estimate of drug-likeness (QED) is 0.696. The standard InChI is InChI=1S/C16H32N2O2/c1-5-11-17-16(4,15(19)20-6-2)10-13-18-12-8-7-9-14(18)3/h14,17H,5-13H2,1-4H3. The third kappa shape index (κ3) is 5.06. The molecule has 4 nitrogen and oxygen atoms in total. The lowest BCUT2D eigenvalue weighted by atomic mass is 9.95. The van der Waals surface area contributed by atoms with Crippen LogP contribution < -0.4 is 5.32 Å². The first kappa shape index (κ1) is 17.4. The molecule has 4 heteroatoms. The largest absolute Gasteiger partial charge is 0.465 e. The Hall–Kier alpha value is -0.610. The van der Waals surface area contributed by atoms with Crippen LogP contribution in [0.2, 0.25) is 0 Å². The van der Waals surface area contributed by atoms with Gasteiger partial charge in [-0.1, -0.05) is 13.3 Å². The smallest absolute Gasteiger partial charge is 0.326 e. The van der Waals surface area contributed by atoms with E-state index in [9.17, 15) is 4.79 Å². The van der Waals surface area contributed by atoms with Crippen LogP contribution in [0.3, 0.4) is 0 Å². The summed E-state index contributed by atoms with van der Waals surface area (Å²) in [6.45, 7) is 11.7. The number of likely N-dealkylation sites (tertiary alicyclic amines) is 1. The molecule has 0 aromatic carbocycles. The lowest BCUT2D eigenvalue weighted by Crippen LogP contribution is -2.53. The average Bonchev–Trinajstić information content (AvgIpc) is 2.44. The highest BCUT2D eigenvalue weighted by Crippen LogP contribution is 2.20. The fraction of sp³-hybridized carbons (Fsp3) is 0.938. The number of nitrogens with zero attached hydrogens (tertiary/aromatic N) is 1. The van der Waals surface area contributed by atoms with E-state index < -0.39 is 5.54 Å². The zero-order valence-corrected chi connectivity index (χ0v) is 13.7. The van der Waals surface area contributed by atoms with Crippen LogP contribution in [0.25, 0.3) is 0 Å². The molecule has 0 bridgehead atoms. The first-order chi connectivity index (χ1) is 9.53. The van der Waals surface area contributed by atoms with Crippen molar-refractivity contribution >= 4 is 5.97 Å². The minimum Gasteiger partial charge on any atom is -0.465 e. The van der Waals surface area contributed by atoms with Crippen molar-refractivity contribution in [3.63, 3.8) is 0 Å². The summed E-state index contributed by atoms with van der Waals surface area (Å²) < 4.78 is 5.25. The van der Waals surface area contributed by atoms with E-state index in [-0.39, 0.29) is 5.97 Å². The summed E-state index contributed by atoms with van der Waals surface area (Å²) in [6.07, 6.45) is 5.73. The number of piperidine rings is 1. The molecule has 20 heavy (non-hydrogen) atoms. The van der Waals surface area contributed by atoms with Crippen molar-refractivity contribution in [3.8, 4) is 0 Å². The van der Waals surface area contributed by atoms with Crippen molar-refractivity contribution < 1.29 is 9.53 Å². The molecule has 1 aliphatic rings. The van der Waals surface area contributed by atoms with Gasteiger partial charge in [0.15, 0.2) is 0 Å². The lowest BCUT2D eigenvalue weighted by molar-refractivity contribution is -0.151. The summed E-state index contributed by atoms with van der Waals surface area (Å²) in [5.74, 6) is -0.113. The molecule has 1 heterocycles. The molecule has 0 radical (unpaired) electrons. The third-order valence-electron chi connectivity index (χ3n) is 4.33. The van der Waals surface area contributed by atoms with E-state index in [1.807, 2.05) is 13.8 Å². The van der Waals surface area contributed by atoms with Crippen LogP contribution >= 0.6 is 0 Å². The van der Waals surface area contributed by atoms with E-state index in [0.29, 0.717) is 12.6 Å². The first-order valence-electron chi connectivity index (χ1n) is 8.19. The summed E-state index contributed by atoms with van der Waals surface area (Å²) >= 11 is 0. The zero-order chi connectivity index (χ0) is 15.0. The Morgan fingerprint density at radius 1 is 1.40 bits per heavy atom. The molecular formula is C16H32N2O2. The highest BCUT2D eigenvalue weighted by Gasteiger charge is 2.34. The highest BCUT2D eigenvalue weighted by molar-refractivity contribution is 5.80. The summed E-state index contributed by atoms with van der Waals surface area (Å²) in [6, 6.07) is 0.640. The van der Waals surface area contributed by atoms with Gasteiger partial charge in [-0.05, 0) is 59.5 Å². The molecule has 1 fully saturated rings. The fourth-order valence-electron chi connectivity index (χ4n) is 2.81. The van der Waals surface area contributed by atoms with Crippen LogP contribution in [-0.2, 0) is 9.53 Å². The van der Waals surface area contributed by atoms with Gasteiger partial charge in [0.2, 0.25) is 0 Å². The number of nitrogens with one attached hydrogen (secondary N) is 1. The van der Waals surface area contributed by atoms with E-state index in [0.717, 1.165) is 32.5 Å². The van der Waals surface area contributed by atoms with Gasteiger partial charge in [-0.3, -0.25) is 4.79 Å². The molecule has 1 aliphatic heterocycles. The molecule has 1 N–H and O–H groups in total. The predicted octanol–water partition coefficient (Wildman–Crippen LogP) is 2.57.